The van der Waals surface area contributed by atoms with E-state index in [9.17, 15) is 4.79 Å². The quantitative estimate of drug-likeness (QED) is 0.700. The molecule has 0 aliphatic rings. The van der Waals surface area contributed by atoms with E-state index in [-0.39, 0.29) is 31.0 Å². The van der Waals surface area contributed by atoms with Crippen LogP contribution in [0.2, 0.25) is 0 Å². The molecule has 0 radical (unpaired) electrons. The minimum absolute atomic E-state index is 0.0135. The highest BCUT2D eigenvalue weighted by molar-refractivity contribution is 5.77. The summed E-state index contributed by atoms with van der Waals surface area (Å²) in [6, 6.07) is 3.97. The fourth-order valence-electron chi connectivity index (χ4n) is 1.10. The van der Waals surface area contributed by atoms with Gasteiger partial charge >= 0.3 is 0 Å². The van der Waals surface area contributed by atoms with Crippen LogP contribution in [0.1, 0.15) is 33.6 Å². The Balaban J connectivity index is 4.23. The van der Waals surface area contributed by atoms with Crippen molar-refractivity contribution in [3.05, 3.63) is 0 Å². The zero-order chi connectivity index (χ0) is 13.3. The fourth-order valence-corrected chi connectivity index (χ4v) is 1.10. The van der Waals surface area contributed by atoms with Crippen molar-refractivity contribution in [3.63, 3.8) is 0 Å². The number of rotatable bonds is 6. The van der Waals surface area contributed by atoms with Gasteiger partial charge in [0.15, 0.2) is 0 Å². The van der Waals surface area contributed by atoms with E-state index in [1.54, 1.807) is 0 Å². The summed E-state index contributed by atoms with van der Waals surface area (Å²) < 4.78 is 5.38. The number of amides is 1. The molecule has 17 heavy (non-hydrogen) atoms. The van der Waals surface area contributed by atoms with E-state index < -0.39 is 0 Å². The highest BCUT2D eigenvalue weighted by atomic mass is 16.5. The minimum atomic E-state index is -0.369. The Morgan fingerprint density at radius 3 is 2.00 bits per heavy atom. The monoisotopic (exact) mass is 237 g/mol. The minimum Gasteiger partial charge on any atom is -0.366 e. The topological polar surface area (TPSA) is 77.1 Å². The van der Waals surface area contributed by atoms with E-state index >= 15 is 0 Å². The van der Waals surface area contributed by atoms with Crippen molar-refractivity contribution in [1.29, 1.82) is 10.5 Å². The summed E-state index contributed by atoms with van der Waals surface area (Å²) in [7, 11) is 0. The number of ether oxygens (including phenoxy) is 1. The number of nitrogens with zero attached hydrogens (tertiary/aromatic N) is 3. The van der Waals surface area contributed by atoms with Gasteiger partial charge in [0.25, 0.3) is 0 Å². The lowest BCUT2D eigenvalue weighted by atomic mass is 10.2. The molecular weight excluding hydrogens is 218 g/mol. The molecule has 0 heterocycles. The van der Waals surface area contributed by atoms with Crippen LogP contribution in [0.25, 0.3) is 0 Å². The van der Waals surface area contributed by atoms with Gasteiger partial charge in [-0.15, -0.1) is 0 Å². The molecule has 1 amide bonds. The molecule has 0 rings (SSSR count). The highest BCUT2D eigenvalue weighted by Gasteiger charge is 2.17. The zero-order valence-corrected chi connectivity index (χ0v) is 10.7. The summed E-state index contributed by atoms with van der Waals surface area (Å²) >= 11 is 0. The standard InChI is InChI=1S/C12H19N3O2/c1-12(2,3)17-10-11(16)15(8-4-6-13)9-5-7-14/h4-5,8-10H2,1-3H3. The van der Waals surface area contributed by atoms with E-state index in [0.717, 1.165) is 0 Å². The van der Waals surface area contributed by atoms with Gasteiger partial charge < -0.3 is 9.64 Å². The second-order valence-corrected chi connectivity index (χ2v) is 4.60. The molecule has 0 saturated heterocycles. The van der Waals surface area contributed by atoms with Crippen molar-refractivity contribution < 1.29 is 9.53 Å². The molecule has 0 aromatic rings. The molecule has 0 aromatic carbocycles. The van der Waals surface area contributed by atoms with Crippen LogP contribution in [0.3, 0.4) is 0 Å². The molecule has 0 aliphatic carbocycles. The Morgan fingerprint density at radius 2 is 1.65 bits per heavy atom. The van der Waals surface area contributed by atoms with Gasteiger partial charge in [0.05, 0.1) is 30.6 Å². The maximum Gasteiger partial charge on any atom is 0.248 e. The molecule has 0 N–H and O–H groups in total. The van der Waals surface area contributed by atoms with Crippen molar-refractivity contribution in [1.82, 2.24) is 4.90 Å². The normalized spacial score (nSPS) is 10.4. The van der Waals surface area contributed by atoms with Gasteiger partial charge in [0, 0.05) is 13.1 Å². The molecule has 0 aromatic heterocycles. The molecule has 0 aliphatic heterocycles. The van der Waals surface area contributed by atoms with Crippen molar-refractivity contribution in [2.45, 2.75) is 39.2 Å². The van der Waals surface area contributed by atoms with Gasteiger partial charge in [-0.1, -0.05) is 0 Å². The van der Waals surface area contributed by atoms with Crippen LogP contribution in [-0.4, -0.2) is 36.1 Å². The molecule has 5 heteroatoms. The van der Waals surface area contributed by atoms with Crippen LogP contribution in [0.4, 0.5) is 0 Å². The fraction of sp³-hybridized carbons (Fsp3) is 0.750. The average Bonchev–Trinajstić information content (AvgIpc) is 2.25. The Bertz CT molecular complexity index is 302. The lowest BCUT2D eigenvalue weighted by molar-refractivity contribution is -0.140. The smallest absolute Gasteiger partial charge is 0.248 e. The van der Waals surface area contributed by atoms with Crippen LogP contribution in [0.5, 0.6) is 0 Å². The lowest BCUT2D eigenvalue weighted by Gasteiger charge is -2.24. The van der Waals surface area contributed by atoms with Gasteiger partial charge in [-0.05, 0) is 20.8 Å². The predicted octanol–water partition coefficient (Wildman–Crippen LogP) is 1.46. The van der Waals surface area contributed by atoms with Gasteiger partial charge in [-0.3, -0.25) is 4.79 Å². The second-order valence-electron chi connectivity index (χ2n) is 4.60. The van der Waals surface area contributed by atoms with E-state index in [1.165, 1.54) is 4.90 Å². The summed E-state index contributed by atoms with van der Waals surface area (Å²) in [6.45, 7) is 6.30. The van der Waals surface area contributed by atoms with Crippen molar-refractivity contribution in [3.8, 4) is 12.1 Å². The van der Waals surface area contributed by atoms with Gasteiger partial charge in [-0.2, -0.15) is 10.5 Å². The summed E-state index contributed by atoms with van der Waals surface area (Å²) in [5, 5.41) is 17.0. The summed E-state index contributed by atoms with van der Waals surface area (Å²) in [6.07, 6.45) is 0.541. The second kappa shape index (κ2) is 7.65. The number of carbonyl (C=O) groups is 1. The SMILES string of the molecule is CC(C)(C)OCC(=O)N(CCC#N)CCC#N. The van der Waals surface area contributed by atoms with Crippen molar-refractivity contribution in [2.24, 2.45) is 0 Å². The van der Waals surface area contributed by atoms with E-state index in [4.69, 9.17) is 15.3 Å². The third kappa shape index (κ3) is 8.24. The van der Waals surface area contributed by atoms with Crippen LogP contribution in [0, 0.1) is 22.7 Å². The highest BCUT2D eigenvalue weighted by Crippen LogP contribution is 2.07. The van der Waals surface area contributed by atoms with Crippen LogP contribution in [-0.2, 0) is 9.53 Å². The van der Waals surface area contributed by atoms with Gasteiger partial charge in [0.1, 0.15) is 6.61 Å². The largest absolute Gasteiger partial charge is 0.366 e. The number of hydrogen-bond donors (Lipinski definition) is 0. The Morgan fingerprint density at radius 1 is 1.18 bits per heavy atom. The maximum absolute atomic E-state index is 11.8. The zero-order valence-electron chi connectivity index (χ0n) is 10.7. The molecule has 0 bridgehead atoms. The molecule has 0 fully saturated rings. The predicted molar refractivity (Wildman–Crippen MR) is 62.7 cm³/mol. The molecular formula is C12H19N3O2. The molecule has 0 spiro atoms. The summed E-state index contributed by atoms with van der Waals surface area (Å²) in [5.74, 6) is -0.176. The third-order valence-electron chi connectivity index (χ3n) is 1.97. The molecule has 94 valence electrons. The molecule has 0 unspecified atom stereocenters. The van der Waals surface area contributed by atoms with Crippen molar-refractivity contribution in [2.75, 3.05) is 19.7 Å². The first-order valence-electron chi connectivity index (χ1n) is 5.56. The molecule has 0 saturated carbocycles. The first-order valence-corrected chi connectivity index (χ1v) is 5.56. The first kappa shape index (κ1) is 15.4. The first-order chi connectivity index (χ1) is 7.90. The Kier molecular flexibility index (Phi) is 6.93. The van der Waals surface area contributed by atoms with Crippen LogP contribution < -0.4 is 0 Å². The molecule has 0 atom stereocenters. The van der Waals surface area contributed by atoms with E-state index in [2.05, 4.69) is 0 Å². The Labute approximate surface area is 103 Å². The van der Waals surface area contributed by atoms with E-state index in [0.29, 0.717) is 13.1 Å². The number of hydrogen-bond acceptors (Lipinski definition) is 4. The Hall–Kier alpha value is -1.59. The molecule has 5 nitrogen and oxygen atoms in total. The number of carbonyl (C=O) groups excluding carboxylic acids is 1. The van der Waals surface area contributed by atoms with Gasteiger partial charge in [0.2, 0.25) is 5.91 Å². The maximum atomic E-state index is 11.8. The van der Waals surface area contributed by atoms with Crippen molar-refractivity contribution >= 4 is 5.91 Å². The van der Waals surface area contributed by atoms with E-state index in [1.807, 2.05) is 32.9 Å². The number of nitriles is 2. The van der Waals surface area contributed by atoms with Gasteiger partial charge in [-0.25, -0.2) is 0 Å². The lowest BCUT2D eigenvalue weighted by Crippen LogP contribution is -2.37. The summed E-state index contributed by atoms with van der Waals surface area (Å²) in [4.78, 5) is 13.3. The third-order valence-corrected chi connectivity index (χ3v) is 1.97. The average molecular weight is 237 g/mol. The summed E-state index contributed by atoms with van der Waals surface area (Å²) in [5.41, 5.74) is -0.369. The van der Waals surface area contributed by atoms with Crippen LogP contribution in [0.15, 0.2) is 0 Å². The van der Waals surface area contributed by atoms with Crippen LogP contribution >= 0.6 is 0 Å².